The molecule has 0 aromatic heterocycles. The monoisotopic (exact) mass is 443 g/mol. The molecule has 4 amide bonds. The molecule has 0 aliphatic carbocycles. The van der Waals surface area contributed by atoms with Crippen molar-refractivity contribution in [2.45, 2.75) is 37.8 Å². The third kappa shape index (κ3) is 4.52. The molecule has 10 heteroatoms. The van der Waals surface area contributed by atoms with Gasteiger partial charge in [0.15, 0.2) is 0 Å². The summed E-state index contributed by atoms with van der Waals surface area (Å²) < 4.78 is 5.45. The molecule has 1 aromatic carbocycles. The van der Waals surface area contributed by atoms with Gasteiger partial charge in [0.05, 0.1) is 24.3 Å². The number of carbonyl (C=O) groups is 4. The SMILES string of the molecule is NCCOCCN1CCC(Nc2cccc3c2C(=O)N(C2CCC(=O)NC2=O)C3=O)CC1. The number of amides is 4. The predicted molar refractivity (Wildman–Crippen MR) is 116 cm³/mol. The minimum atomic E-state index is -0.960. The molecule has 1 atom stereocenters. The van der Waals surface area contributed by atoms with Gasteiger partial charge in [-0.1, -0.05) is 6.07 Å². The van der Waals surface area contributed by atoms with Gasteiger partial charge in [-0.2, -0.15) is 0 Å². The van der Waals surface area contributed by atoms with Crippen LogP contribution in [0.5, 0.6) is 0 Å². The first-order chi connectivity index (χ1) is 15.5. The molecule has 4 rings (SSSR count). The van der Waals surface area contributed by atoms with Crippen LogP contribution < -0.4 is 16.4 Å². The lowest BCUT2D eigenvalue weighted by Gasteiger charge is -2.33. The Balaban J connectivity index is 1.41. The number of nitrogens with two attached hydrogens (primary N) is 1. The minimum absolute atomic E-state index is 0.102. The van der Waals surface area contributed by atoms with E-state index in [0.717, 1.165) is 37.4 Å². The van der Waals surface area contributed by atoms with Crippen LogP contribution in [-0.2, 0) is 14.3 Å². The van der Waals surface area contributed by atoms with E-state index in [-0.39, 0.29) is 24.8 Å². The number of likely N-dealkylation sites (tertiary alicyclic amines) is 1. The van der Waals surface area contributed by atoms with Gasteiger partial charge in [0.1, 0.15) is 6.04 Å². The number of anilines is 1. The third-order valence-corrected chi connectivity index (χ3v) is 6.23. The number of benzene rings is 1. The van der Waals surface area contributed by atoms with Crippen LogP contribution in [0.25, 0.3) is 0 Å². The maximum absolute atomic E-state index is 13.2. The van der Waals surface area contributed by atoms with Crippen LogP contribution in [0, 0.1) is 0 Å². The molecular formula is C22H29N5O5. The van der Waals surface area contributed by atoms with E-state index in [2.05, 4.69) is 15.5 Å². The molecule has 3 heterocycles. The van der Waals surface area contributed by atoms with E-state index in [0.29, 0.717) is 36.6 Å². The van der Waals surface area contributed by atoms with Crippen LogP contribution >= 0.6 is 0 Å². The van der Waals surface area contributed by atoms with E-state index < -0.39 is 23.8 Å². The van der Waals surface area contributed by atoms with E-state index >= 15 is 0 Å². The average molecular weight is 444 g/mol. The van der Waals surface area contributed by atoms with Crippen molar-refractivity contribution in [2.24, 2.45) is 5.73 Å². The van der Waals surface area contributed by atoms with Crippen molar-refractivity contribution >= 4 is 29.3 Å². The van der Waals surface area contributed by atoms with Gasteiger partial charge < -0.3 is 20.7 Å². The second-order valence-corrected chi connectivity index (χ2v) is 8.34. The third-order valence-electron chi connectivity index (χ3n) is 6.23. The second kappa shape index (κ2) is 9.76. The van der Waals surface area contributed by atoms with Gasteiger partial charge in [0, 0.05) is 44.3 Å². The number of hydrogen-bond acceptors (Lipinski definition) is 8. The Bertz CT molecular complexity index is 912. The Kier molecular flexibility index (Phi) is 6.83. The normalized spacial score (nSPS) is 22.3. The summed E-state index contributed by atoms with van der Waals surface area (Å²) in [6, 6.07) is 4.36. The van der Waals surface area contributed by atoms with Gasteiger partial charge in [0.2, 0.25) is 11.8 Å². The van der Waals surface area contributed by atoms with Crippen molar-refractivity contribution in [2.75, 3.05) is 44.7 Å². The average Bonchev–Trinajstić information content (AvgIpc) is 3.04. The molecule has 4 N–H and O–H groups in total. The number of piperidine rings is 2. The number of imide groups is 2. The lowest BCUT2D eigenvalue weighted by Crippen LogP contribution is -2.54. The zero-order chi connectivity index (χ0) is 22.7. The van der Waals surface area contributed by atoms with Crippen molar-refractivity contribution in [3.8, 4) is 0 Å². The maximum Gasteiger partial charge on any atom is 0.264 e. The highest BCUT2D eigenvalue weighted by Crippen LogP contribution is 2.33. The van der Waals surface area contributed by atoms with E-state index in [1.54, 1.807) is 18.2 Å². The largest absolute Gasteiger partial charge is 0.382 e. The van der Waals surface area contributed by atoms with E-state index in [1.165, 1.54) is 0 Å². The predicted octanol–water partition coefficient (Wildman–Crippen LogP) is -0.0606. The standard InChI is InChI=1S/C22H29N5O5/c23-8-12-32-13-11-26-9-6-14(7-10-26)24-16-3-1-2-15-19(16)22(31)27(21(15)30)17-4-5-18(28)25-20(17)29/h1-3,14,17,24H,4-13,23H2,(H,25,28,29). The van der Waals surface area contributed by atoms with Crippen LogP contribution in [0.3, 0.4) is 0 Å². The smallest absolute Gasteiger partial charge is 0.264 e. The topological polar surface area (TPSA) is 134 Å². The highest BCUT2D eigenvalue weighted by molar-refractivity contribution is 6.25. The van der Waals surface area contributed by atoms with Crippen LogP contribution in [0.4, 0.5) is 5.69 Å². The van der Waals surface area contributed by atoms with E-state index in [1.807, 2.05) is 0 Å². The molecule has 0 saturated carbocycles. The lowest BCUT2D eigenvalue weighted by atomic mass is 10.0. The van der Waals surface area contributed by atoms with Gasteiger partial charge in [-0.05, 0) is 31.4 Å². The first kappa shape index (κ1) is 22.4. The first-order valence-corrected chi connectivity index (χ1v) is 11.1. The Labute approximate surface area is 186 Å². The molecule has 3 aliphatic heterocycles. The summed E-state index contributed by atoms with van der Waals surface area (Å²) in [4.78, 5) is 53.2. The molecule has 2 fully saturated rings. The van der Waals surface area contributed by atoms with Crippen molar-refractivity contribution < 1.29 is 23.9 Å². The fourth-order valence-corrected chi connectivity index (χ4v) is 4.54. The summed E-state index contributed by atoms with van der Waals surface area (Å²) in [6.45, 7) is 4.44. The van der Waals surface area contributed by atoms with Gasteiger partial charge in [0.25, 0.3) is 11.8 Å². The Hall–Kier alpha value is -2.82. The molecule has 1 aromatic rings. The maximum atomic E-state index is 13.2. The number of nitrogens with zero attached hydrogens (tertiary/aromatic N) is 2. The summed E-state index contributed by atoms with van der Waals surface area (Å²) in [5.41, 5.74) is 6.64. The van der Waals surface area contributed by atoms with E-state index in [4.69, 9.17) is 10.5 Å². The van der Waals surface area contributed by atoms with Crippen LogP contribution in [0.1, 0.15) is 46.4 Å². The molecule has 0 bridgehead atoms. The zero-order valence-electron chi connectivity index (χ0n) is 18.0. The molecule has 172 valence electrons. The van der Waals surface area contributed by atoms with Crippen molar-refractivity contribution in [3.63, 3.8) is 0 Å². The molecule has 0 radical (unpaired) electrons. The number of nitrogens with one attached hydrogen (secondary N) is 2. The molecule has 10 nitrogen and oxygen atoms in total. The Morgan fingerprint density at radius 3 is 2.56 bits per heavy atom. The summed E-state index contributed by atoms with van der Waals surface area (Å²) in [6.07, 6.45) is 2.05. The molecule has 0 spiro atoms. The summed E-state index contributed by atoms with van der Waals surface area (Å²) in [5.74, 6) is -1.97. The minimum Gasteiger partial charge on any atom is -0.382 e. The molecule has 1 unspecified atom stereocenters. The molecule has 32 heavy (non-hydrogen) atoms. The second-order valence-electron chi connectivity index (χ2n) is 8.34. The van der Waals surface area contributed by atoms with Crippen molar-refractivity contribution in [3.05, 3.63) is 29.3 Å². The number of carbonyl (C=O) groups excluding carboxylic acids is 4. The van der Waals surface area contributed by atoms with Gasteiger partial charge in [-0.25, -0.2) is 0 Å². The van der Waals surface area contributed by atoms with Crippen molar-refractivity contribution in [1.29, 1.82) is 0 Å². The van der Waals surface area contributed by atoms with Crippen LogP contribution in [0.2, 0.25) is 0 Å². The Morgan fingerprint density at radius 1 is 1.06 bits per heavy atom. The highest BCUT2D eigenvalue weighted by atomic mass is 16.5. The number of fused-ring (bicyclic) bond motifs is 1. The zero-order valence-corrected chi connectivity index (χ0v) is 18.0. The summed E-state index contributed by atoms with van der Waals surface area (Å²) in [5, 5.41) is 5.66. The van der Waals surface area contributed by atoms with Crippen LogP contribution in [-0.4, -0.2) is 84.9 Å². The van der Waals surface area contributed by atoms with Gasteiger partial charge >= 0.3 is 0 Å². The molecule has 2 saturated heterocycles. The quantitative estimate of drug-likeness (QED) is 0.376. The number of ether oxygens (including phenoxy) is 1. The van der Waals surface area contributed by atoms with Gasteiger partial charge in [-0.15, -0.1) is 0 Å². The highest BCUT2D eigenvalue weighted by Gasteiger charge is 2.45. The summed E-state index contributed by atoms with van der Waals surface area (Å²) >= 11 is 0. The van der Waals surface area contributed by atoms with Crippen LogP contribution in [0.15, 0.2) is 18.2 Å². The van der Waals surface area contributed by atoms with E-state index in [9.17, 15) is 19.2 Å². The Morgan fingerprint density at radius 2 is 1.84 bits per heavy atom. The summed E-state index contributed by atoms with van der Waals surface area (Å²) in [7, 11) is 0. The lowest BCUT2D eigenvalue weighted by molar-refractivity contribution is -0.136. The van der Waals surface area contributed by atoms with Gasteiger partial charge in [-0.3, -0.25) is 29.4 Å². The fourth-order valence-electron chi connectivity index (χ4n) is 4.54. The number of hydrogen-bond donors (Lipinski definition) is 3. The fraction of sp³-hybridized carbons (Fsp3) is 0.545. The molecular weight excluding hydrogens is 414 g/mol. The molecule has 3 aliphatic rings. The first-order valence-electron chi connectivity index (χ1n) is 11.1. The number of rotatable bonds is 8. The van der Waals surface area contributed by atoms with Crippen molar-refractivity contribution in [1.82, 2.24) is 15.1 Å².